The van der Waals surface area contributed by atoms with Crippen LogP contribution in [0.5, 0.6) is 0 Å². The van der Waals surface area contributed by atoms with Crippen molar-refractivity contribution in [2.45, 2.75) is 11.8 Å². The van der Waals surface area contributed by atoms with E-state index in [0.717, 1.165) is 0 Å². The van der Waals surface area contributed by atoms with Gasteiger partial charge in [0.25, 0.3) is 10.0 Å². The molecule has 0 aliphatic rings. The maximum atomic E-state index is 11.8. The van der Waals surface area contributed by atoms with Crippen molar-refractivity contribution in [3.05, 3.63) is 23.2 Å². The second-order valence-electron chi connectivity index (χ2n) is 3.15. The number of hydrogen-bond acceptors (Lipinski definition) is 4. The predicted molar refractivity (Wildman–Crippen MR) is 65.3 cm³/mol. The third-order valence-corrected chi connectivity index (χ3v) is 3.45. The summed E-state index contributed by atoms with van der Waals surface area (Å²) in [7, 11) is -4.01. The molecule has 17 heavy (non-hydrogen) atoms. The van der Waals surface area contributed by atoms with Crippen molar-refractivity contribution in [2.24, 2.45) is 0 Å². The van der Waals surface area contributed by atoms with E-state index in [2.05, 4.69) is 5.32 Å². The van der Waals surface area contributed by atoms with Gasteiger partial charge in [-0.3, -0.25) is 0 Å². The smallest absolute Gasteiger partial charge is 0.328 e. The monoisotopic (exact) mass is 277 g/mol. The van der Waals surface area contributed by atoms with Crippen molar-refractivity contribution in [3.8, 4) is 0 Å². The zero-order valence-corrected chi connectivity index (χ0v) is 10.6. The maximum Gasteiger partial charge on any atom is 0.328 e. The van der Waals surface area contributed by atoms with Crippen molar-refractivity contribution in [2.75, 3.05) is 12.3 Å². The summed E-state index contributed by atoms with van der Waals surface area (Å²) in [5, 5.41) is 2.52. The minimum atomic E-state index is -4.01. The summed E-state index contributed by atoms with van der Waals surface area (Å²) in [5.74, 6) is 0. The standard InChI is InChI=1S/C9H12ClN3O3S/c1-2-12-9(14)13-17(15,16)8-5-6(10)3-4-7(8)11/h3-5H,2,11H2,1H3,(H2,12,13,14). The Kier molecular flexibility index (Phi) is 4.19. The SMILES string of the molecule is CCNC(=O)NS(=O)(=O)c1cc(Cl)ccc1N. The van der Waals surface area contributed by atoms with E-state index in [1.54, 1.807) is 6.92 Å². The van der Waals surface area contributed by atoms with Crippen LogP contribution in [0.15, 0.2) is 23.1 Å². The van der Waals surface area contributed by atoms with Crippen LogP contribution in [-0.2, 0) is 10.0 Å². The van der Waals surface area contributed by atoms with Gasteiger partial charge in [0.1, 0.15) is 4.90 Å². The fourth-order valence-electron chi connectivity index (χ4n) is 1.11. The van der Waals surface area contributed by atoms with Crippen LogP contribution in [0.2, 0.25) is 5.02 Å². The molecular formula is C9H12ClN3O3S. The molecule has 0 spiro atoms. The zero-order chi connectivity index (χ0) is 13.1. The molecule has 0 aromatic heterocycles. The largest absolute Gasteiger partial charge is 0.398 e. The Bertz CT molecular complexity index is 530. The highest BCUT2D eigenvalue weighted by Gasteiger charge is 2.20. The van der Waals surface area contributed by atoms with Crippen LogP contribution in [0, 0.1) is 0 Å². The third-order valence-electron chi connectivity index (χ3n) is 1.83. The lowest BCUT2D eigenvalue weighted by molar-refractivity contribution is 0.246. The molecule has 4 N–H and O–H groups in total. The Balaban J connectivity index is 3.05. The van der Waals surface area contributed by atoms with E-state index in [9.17, 15) is 13.2 Å². The van der Waals surface area contributed by atoms with Gasteiger partial charge in [0.15, 0.2) is 0 Å². The Morgan fingerprint density at radius 3 is 2.71 bits per heavy atom. The van der Waals surface area contributed by atoms with Gasteiger partial charge in [-0.1, -0.05) is 11.6 Å². The summed E-state index contributed by atoms with van der Waals surface area (Å²) >= 11 is 5.67. The molecule has 0 bridgehead atoms. The number of anilines is 1. The lowest BCUT2D eigenvalue weighted by Crippen LogP contribution is -2.39. The second kappa shape index (κ2) is 5.24. The number of benzene rings is 1. The molecule has 2 amide bonds. The molecule has 1 rings (SSSR count). The summed E-state index contributed by atoms with van der Waals surface area (Å²) < 4.78 is 25.4. The average Bonchev–Trinajstić information content (AvgIpc) is 2.21. The van der Waals surface area contributed by atoms with Gasteiger partial charge in [-0.2, -0.15) is 0 Å². The number of nitrogen functional groups attached to an aromatic ring is 1. The summed E-state index contributed by atoms with van der Waals surface area (Å²) in [6.07, 6.45) is 0. The van der Waals surface area contributed by atoms with Gasteiger partial charge >= 0.3 is 6.03 Å². The van der Waals surface area contributed by atoms with Gasteiger partial charge in [-0.25, -0.2) is 17.9 Å². The van der Waals surface area contributed by atoms with E-state index in [-0.39, 0.29) is 15.6 Å². The third kappa shape index (κ3) is 3.50. The van der Waals surface area contributed by atoms with Crippen molar-refractivity contribution in [3.63, 3.8) is 0 Å². The highest BCUT2D eigenvalue weighted by molar-refractivity contribution is 7.90. The quantitative estimate of drug-likeness (QED) is 0.715. The normalized spacial score (nSPS) is 10.9. The van der Waals surface area contributed by atoms with Crippen molar-refractivity contribution in [1.82, 2.24) is 10.0 Å². The van der Waals surface area contributed by atoms with Gasteiger partial charge in [0.2, 0.25) is 0 Å². The molecule has 0 unspecified atom stereocenters. The number of carbonyl (C=O) groups is 1. The number of amides is 2. The molecule has 0 aliphatic carbocycles. The van der Waals surface area contributed by atoms with Crippen molar-refractivity contribution < 1.29 is 13.2 Å². The summed E-state index contributed by atoms with van der Waals surface area (Å²) in [4.78, 5) is 10.9. The Labute approximate surface area is 104 Å². The first-order chi connectivity index (χ1) is 7.86. The minimum Gasteiger partial charge on any atom is -0.398 e. The highest BCUT2D eigenvalue weighted by Crippen LogP contribution is 2.22. The van der Waals surface area contributed by atoms with E-state index in [1.807, 2.05) is 4.72 Å². The lowest BCUT2D eigenvalue weighted by Gasteiger charge is -2.09. The average molecular weight is 278 g/mol. The van der Waals surface area contributed by atoms with Crippen LogP contribution in [0.4, 0.5) is 10.5 Å². The highest BCUT2D eigenvalue weighted by atomic mass is 35.5. The van der Waals surface area contributed by atoms with E-state index >= 15 is 0 Å². The molecule has 1 aromatic carbocycles. The number of urea groups is 1. The van der Waals surface area contributed by atoms with Gasteiger partial charge in [-0.15, -0.1) is 0 Å². The fraction of sp³-hybridized carbons (Fsp3) is 0.222. The molecular weight excluding hydrogens is 266 g/mol. The summed E-state index contributed by atoms with van der Waals surface area (Å²) in [6, 6.07) is 3.18. The number of rotatable bonds is 3. The number of halogens is 1. The zero-order valence-electron chi connectivity index (χ0n) is 9.03. The molecule has 6 nitrogen and oxygen atoms in total. The molecule has 8 heteroatoms. The molecule has 0 heterocycles. The summed E-state index contributed by atoms with van der Waals surface area (Å²) in [5.41, 5.74) is 5.54. The van der Waals surface area contributed by atoms with Gasteiger partial charge in [0.05, 0.1) is 5.69 Å². The molecule has 1 aromatic rings. The van der Waals surface area contributed by atoms with Crippen LogP contribution >= 0.6 is 11.6 Å². The van der Waals surface area contributed by atoms with Crippen molar-refractivity contribution >= 4 is 33.3 Å². The Morgan fingerprint density at radius 2 is 2.12 bits per heavy atom. The van der Waals surface area contributed by atoms with Crippen LogP contribution in [0.1, 0.15) is 6.92 Å². The van der Waals surface area contributed by atoms with Crippen LogP contribution < -0.4 is 15.8 Å². The fourth-order valence-corrected chi connectivity index (χ4v) is 2.44. The molecule has 0 radical (unpaired) electrons. The molecule has 0 saturated heterocycles. The van der Waals surface area contributed by atoms with Gasteiger partial charge in [0, 0.05) is 11.6 Å². The molecule has 0 atom stereocenters. The number of carbonyl (C=O) groups excluding carboxylic acids is 1. The number of hydrogen-bond donors (Lipinski definition) is 3. The summed E-state index contributed by atoms with van der Waals surface area (Å²) in [6.45, 7) is 1.98. The van der Waals surface area contributed by atoms with Gasteiger partial charge in [-0.05, 0) is 25.1 Å². The van der Waals surface area contributed by atoms with Crippen LogP contribution in [0.3, 0.4) is 0 Å². The topological polar surface area (TPSA) is 101 Å². The predicted octanol–water partition coefficient (Wildman–Crippen LogP) is 0.930. The first-order valence-corrected chi connectivity index (χ1v) is 6.58. The van der Waals surface area contributed by atoms with Crippen molar-refractivity contribution in [1.29, 1.82) is 0 Å². The second-order valence-corrected chi connectivity index (χ2v) is 5.23. The van der Waals surface area contributed by atoms with E-state index < -0.39 is 16.1 Å². The molecule has 0 aliphatic heterocycles. The van der Waals surface area contributed by atoms with E-state index in [4.69, 9.17) is 17.3 Å². The number of nitrogens with two attached hydrogens (primary N) is 1. The molecule has 0 saturated carbocycles. The first kappa shape index (κ1) is 13.6. The van der Waals surface area contributed by atoms with E-state index in [1.165, 1.54) is 18.2 Å². The van der Waals surface area contributed by atoms with Crippen LogP contribution in [-0.4, -0.2) is 21.0 Å². The molecule has 0 fully saturated rings. The number of sulfonamides is 1. The van der Waals surface area contributed by atoms with Crippen LogP contribution in [0.25, 0.3) is 0 Å². The molecule has 94 valence electrons. The van der Waals surface area contributed by atoms with Gasteiger partial charge < -0.3 is 11.1 Å². The minimum absolute atomic E-state index is 0.0196. The maximum absolute atomic E-state index is 11.8. The Morgan fingerprint density at radius 1 is 1.47 bits per heavy atom. The van der Waals surface area contributed by atoms with E-state index in [0.29, 0.717) is 6.54 Å². The first-order valence-electron chi connectivity index (χ1n) is 4.72. The Hall–Kier alpha value is -1.47. The lowest BCUT2D eigenvalue weighted by atomic mass is 10.3. The number of nitrogens with one attached hydrogen (secondary N) is 2.